The molecule has 1 aromatic rings. The summed E-state index contributed by atoms with van der Waals surface area (Å²) in [7, 11) is 3.63. The van der Waals surface area contributed by atoms with Crippen LogP contribution in [0.1, 0.15) is 32.0 Å². The van der Waals surface area contributed by atoms with Gasteiger partial charge in [-0.25, -0.2) is 9.78 Å². The number of ether oxygens (including phenoxy) is 1. The summed E-state index contributed by atoms with van der Waals surface area (Å²) < 4.78 is 5.34. The monoisotopic (exact) mass is 323 g/mol. The molecule has 0 radical (unpaired) electrons. The molecule has 1 aromatic heterocycles. The number of aryl methyl sites for hydroxylation is 1. The van der Waals surface area contributed by atoms with Crippen molar-refractivity contribution in [3.8, 4) is 0 Å². The van der Waals surface area contributed by atoms with Crippen molar-refractivity contribution < 1.29 is 14.6 Å². The van der Waals surface area contributed by atoms with Crippen LogP contribution in [-0.2, 0) is 11.2 Å². The fraction of sp³-hybridized carbons (Fsp3) is 0.647. The van der Waals surface area contributed by atoms with E-state index in [-0.39, 0.29) is 12.7 Å². The van der Waals surface area contributed by atoms with Gasteiger partial charge in [0, 0.05) is 32.9 Å². The summed E-state index contributed by atoms with van der Waals surface area (Å²) in [6, 6.07) is 3.96. The highest BCUT2D eigenvalue weighted by molar-refractivity contribution is 5.67. The zero-order chi connectivity index (χ0) is 17.6. The minimum absolute atomic E-state index is 0.0969. The van der Waals surface area contributed by atoms with E-state index >= 15 is 0 Å². The Morgan fingerprint density at radius 1 is 1.26 bits per heavy atom. The summed E-state index contributed by atoms with van der Waals surface area (Å²) >= 11 is 0. The lowest BCUT2D eigenvalue weighted by molar-refractivity contribution is 0.0300. The van der Waals surface area contributed by atoms with Crippen LogP contribution in [0.2, 0.25) is 0 Å². The van der Waals surface area contributed by atoms with Crippen LogP contribution >= 0.6 is 0 Å². The van der Waals surface area contributed by atoms with E-state index in [1.165, 1.54) is 0 Å². The Morgan fingerprint density at radius 3 is 2.43 bits per heavy atom. The van der Waals surface area contributed by atoms with E-state index in [2.05, 4.69) is 4.98 Å². The first-order valence-corrected chi connectivity index (χ1v) is 7.86. The lowest BCUT2D eigenvalue weighted by Crippen LogP contribution is -2.35. The van der Waals surface area contributed by atoms with Gasteiger partial charge in [0.1, 0.15) is 11.4 Å². The van der Waals surface area contributed by atoms with Crippen molar-refractivity contribution >= 4 is 11.9 Å². The minimum Gasteiger partial charge on any atom is -0.444 e. The molecule has 0 aliphatic heterocycles. The summed E-state index contributed by atoms with van der Waals surface area (Å²) in [5, 5.41) is 8.98. The van der Waals surface area contributed by atoms with Gasteiger partial charge in [-0.1, -0.05) is 6.07 Å². The fourth-order valence-corrected chi connectivity index (χ4v) is 2.04. The van der Waals surface area contributed by atoms with E-state index in [1.807, 2.05) is 51.8 Å². The zero-order valence-electron chi connectivity index (χ0n) is 15.1. The molecule has 0 spiro atoms. The largest absolute Gasteiger partial charge is 0.444 e. The standard InChI is InChI=1S/C17H29N3O3/c1-13-14(7-8-15(18-13)19(5)11-12-21)9-10-20(6)16(22)23-17(2,3)4/h7-8,21H,9-12H2,1-6H3. The second-order valence-corrected chi connectivity index (χ2v) is 6.71. The second-order valence-electron chi connectivity index (χ2n) is 6.71. The summed E-state index contributed by atoms with van der Waals surface area (Å²) in [5.41, 5.74) is 1.55. The summed E-state index contributed by atoms with van der Waals surface area (Å²) in [6.07, 6.45) is 0.404. The number of likely N-dealkylation sites (N-methyl/N-ethyl adjacent to an activating group) is 2. The third-order valence-corrected chi connectivity index (χ3v) is 3.43. The summed E-state index contributed by atoms with van der Waals surface area (Å²) in [4.78, 5) is 20.0. The SMILES string of the molecule is Cc1nc(N(C)CCO)ccc1CCN(C)C(=O)OC(C)(C)C. The normalized spacial score (nSPS) is 11.3. The number of hydrogen-bond acceptors (Lipinski definition) is 5. The first kappa shape index (κ1) is 19.2. The van der Waals surface area contributed by atoms with Crippen molar-refractivity contribution in [2.75, 3.05) is 38.7 Å². The first-order chi connectivity index (χ1) is 10.6. The Bertz CT molecular complexity index is 526. The number of anilines is 1. The predicted octanol–water partition coefficient (Wildman–Crippen LogP) is 2.23. The van der Waals surface area contributed by atoms with E-state index < -0.39 is 5.60 Å². The van der Waals surface area contributed by atoms with Gasteiger partial charge in [0.25, 0.3) is 0 Å². The maximum absolute atomic E-state index is 11.9. The number of aliphatic hydroxyl groups excluding tert-OH is 1. The van der Waals surface area contributed by atoms with Crippen molar-refractivity contribution in [1.29, 1.82) is 0 Å². The van der Waals surface area contributed by atoms with Crippen LogP contribution in [-0.4, -0.2) is 60.5 Å². The molecule has 0 aliphatic rings. The molecular formula is C17H29N3O3. The number of nitrogens with zero attached hydrogens (tertiary/aromatic N) is 3. The van der Waals surface area contributed by atoms with Crippen molar-refractivity contribution in [2.24, 2.45) is 0 Å². The number of aliphatic hydroxyl groups is 1. The fourth-order valence-electron chi connectivity index (χ4n) is 2.04. The third-order valence-electron chi connectivity index (χ3n) is 3.43. The van der Waals surface area contributed by atoms with E-state index in [0.717, 1.165) is 23.5 Å². The van der Waals surface area contributed by atoms with E-state index in [1.54, 1.807) is 11.9 Å². The minimum atomic E-state index is -0.484. The van der Waals surface area contributed by atoms with Crippen LogP contribution in [0.4, 0.5) is 10.6 Å². The van der Waals surface area contributed by atoms with E-state index in [9.17, 15) is 4.79 Å². The number of amides is 1. The van der Waals surface area contributed by atoms with Crippen LogP contribution in [0.5, 0.6) is 0 Å². The maximum Gasteiger partial charge on any atom is 0.410 e. The molecular weight excluding hydrogens is 294 g/mol. The second kappa shape index (κ2) is 8.15. The Kier molecular flexibility index (Phi) is 6.81. The first-order valence-electron chi connectivity index (χ1n) is 7.86. The van der Waals surface area contributed by atoms with Gasteiger partial charge in [-0.2, -0.15) is 0 Å². The van der Waals surface area contributed by atoms with Gasteiger partial charge in [0.15, 0.2) is 0 Å². The van der Waals surface area contributed by atoms with Crippen LogP contribution < -0.4 is 4.90 Å². The van der Waals surface area contributed by atoms with Gasteiger partial charge in [0.05, 0.1) is 6.61 Å². The molecule has 130 valence electrons. The lowest BCUT2D eigenvalue weighted by atomic mass is 10.1. The van der Waals surface area contributed by atoms with Gasteiger partial charge in [-0.05, 0) is 45.7 Å². The van der Waals surface area contributed by atoms with Crippen molar-refractivity contribution in [1.82, 2.24) is 9.88 Å². The van der Waals surface area contributed by atoms with Crippen molar-refractivity contribution in [3.05, 3.63) is 23.4 Å². The molecule has 6 nitrogen and oxygen atoms in total. The number of carbonyl (C=O) groups excluding carboxylic acids is 1. The number of rotatable bonds is 6. The molecule has 0 fully saturated rings. The molecule has 0 atom stereocenters. The third kappa shape index (κ3) is 6.44. The molecule has 0 unspecified atom stereocenters. The topological polar surface area (TPSA) is 65.9 Å². The average molecular weight is 323 g/mol. The Labute approximate surface area is 139 Å². The van der Waals surface area contributed by atoms with Crippen LogP contribution in [0.15, 0.2) is 12.1 Å². The zero-order valence-corrected chi connectivity index (χ0v) is 15.1. The number of carbonyl (C=O) groups is 1. The number of hydrogen-bond donors (Lipinski definition) is 1. The Morgan fingerprint density at radius 2 is 1.91 bits per heavy atom. The van der Waals surface area contributed by atoms with Crippen LogP contribution in [0.3, 0.4) is 0 Å². The molecule has 23 heavy (non-hydrogen) atoms. The molecule has 0 saturated heterocycles. The lowest BCUT2D eigenvalue weighted by Gasteiger charge is -2.25. The highest BCUT2D eigenvalue weighted by Gasteiger charge is 2.19. The number of pyridine rings is 1. The molecule has 0 aliphatic carbocycles. The van der Waals surface area contributed by atoms with Crippen molar-refractivity contribution in [3.63, 3.8) is 0 Å². The van der Waals surface area contributed by atoms with Gasteiger partial charge in [-0.3, -0.25) is 0 Å². The maximum atomic E-state index is 11.9. The van der Waals surface area contributed by atoms with Gasteiger partial charge in [0.2, 0.25) is 0 Å². The quantitative estimate of drug-likeness (QED) is 0.869. The highest BCUT2D eigenvalue weighted by atomic mass is 16.6. The van der Waals surface area contributed by atoms with Crippen molar-refractivity contribution in [2.45, 2.75) is 39.7 Å². The van der Waals surface area contributed by atoms with Gasteiger partial charge < -0.3 is 19.6 Å². The number of aromatic nitrogens is 1. The molecule has 0 saturated carbocycles. The molecule has 1 heterocycles. The Balaban J connectivity index is 2.63. The van der Waals surface area contributed by atoms with Gasteiger partial charge in [-0.15, -0.1) is 0 Å². The summed E-state index contributed by atoms with van der Waals surface area (Å²) in [6.45, 7) is 8.74. The van der Waals surface area contributed by atoms with Crippen LogP contribution in [0, 0.1) is 6.92 Å². The molecule has 0 aromatic carbocycles. The van der Waals surface area contributed by atoms with E-state index in [4.69, 9.17) is 9.84 Å². The highest BCUT2D eigenvalue weighted by Crippen LogP contribution is 2.15. The van der Waals surface area contributed by atoms with Crippen LogP contribution in [0.25, 0.3) is 0 Å². The summed E-state index contributed by atoms with van der Waals surface area (Å²) in [5.74, 6) is 0.834. The predicted molar refractivity (Wildman–Crippen MR) is 91.9 cm³/mol. The molecule has 1 rings (SSSR count). The molecule has 0 bridgehead atoms. The average Bonchev–Trinajstić information content (AvgIpc) is 2.44. The smallest absolute Gasteiger partial charge is 0.410 e. The molecule has 1 N–H and O–H groups in total. The molecule has 1 amide bonds. The molecule has 6 heteroatoms. The Hall–Kier alpha value is -1.82. The van der Waals surface area contributed by atoms with E-state index in [0.29, 0.717) is 13.1 Å². The van der Waals surface area contributed by atoms with Gasteiger partial charge >= 0.3 is 6.09 Å².